The molecule has 3 saturated heterocycles. The molecule has 0 aliphatic carbocycles. The molecule has 4 heteroatoms. The fourth-order valence-corrected chi connectivity index (χ4v) is 3.94. The first-order valence-electron chi connectivity index (χ1n) is 8.09. The van der Waals surface area contributed by atoms with Crippen molar-refractivity contribution in [1.29, 1.82) is 0 Å². The SMILES string of the molecule is CC[C@H]1C[NH+]2CC[C@H]1C[C@@H]2COC(=O)Nc1ccccc1. The second kappa shape index (κ2) is 6.48. The maximum absolute atomic E-state index is 11.8. The molecule has 4 nitrogen and oxygen atoms in total. The minimum absolute atomic E-state index is 0.338. The number of fused-ring (bicyclic) bond motifs is 3. The van der Waals surface area contributed by atoms with Crippen molar-refractivity contribution in [3.63, 3.8) is 0 Å². The topological polar surface area (TPSA) is 42.8 Å². The number of hydrogen-bond donors (Lipinski definition) is 2. The summed E-state index contributed by atoms with van der Waals surface area (Å²) in [6.45, 7) is 5.34. The Morgan fingerprint density at radius 2 is 2.19 bits per heavy atom. The molecule has 3 heterocycles. The van der Waals surface area contributed by atoms with E-state index in [0.29, 0.717) is 12.6 Å². The predicted octanol–water partition coefficient (Wildman–Crippen LogP) is 1.94. The maximum atomic E-state index is 11.8. The van der Waals surface area contributed by atoms with Crippen molar-refractivity contribution < 1.29 is 14.4 Å². The van der Waals surface area contributed by atoms with Crippen molar-refractivity contribution in [2.45, 2.75) is 32.2 Å². The summed E-state index contributed by atoms with van der Waals surface area (Å²) in [6.07, 6.45) is 3.51. The Balaban J connectivity index is 1.47. The molecular weight excluding hydrogens is 264 g/mol. The number of benzene rings is 1. The van der Waals surface area contributed by atoms with E-state index in [1.165, 1.54) is 32.4 Å². The van der Waals surface area contributed by atoms with Crippen molar-refractivity contribution >= 4 is 11.8 Å². The van der Waals surface area contributed by atoms with E-state index in [1.54, 1.807) is 4.90 Å². The fourth-order valence-electron chi connectivity index (χ4n) is 3.94. The summed E-state index contributed by atoms with van der Waals surface area (Å²) in [4.78, 5) is 13.5. The van der Waals surface area contributed by atoms with Gasteiger partial charge >= 0.3 is 6.09 Å². The number of quaternary nitrogens is 1. The molecule has 4 rings (SSSR count). The molecule has 1 aromatic rings. The summed E-state index contributed by atoms with van der Waals surface area (Å²) in [5.74, 6) is 1.72. The number of para-hydroxylation sites is 1. The van der Waals surface area contributed by atoms with E-state index < -0.39 is 0 Å². The Morgan fingerprint density at radius 1 is 1.38 bits per heavy atom. The summed E-state index contributed by atoms with van der Waals surface area (Å²) in [5, 5.41) is 2.78. The lowest BCUT2D eigenvalue weighted by molar-refractivity contribution is -0.946. The van der Waals surface area contributed by atoms with Crippen LogP contribution in [0.1, 0.15) is 26.2 Å². The van der Waals surface area contributed by atoms with Gasteiger partial charge in [0.1, 0.15) is 12.6 Å². The van der Waals surface area contributed by atoms with Gasteiger partial charge in [0, 0.05) is 24.4 Å². The number of anilines is 1. The van der Waals surface area contributed by atoms with Gasteiger partial charge in [-0.25, -0.2) is 4.79 Å². The summed E-state index contributed by atoms with van der Waals surface area (Å²) in [7, 11) is 0. The molecule has 3 aliphatic heterocycles. The molecular formula is C17H25N2O2+. The van der Waals surface area contributed by atoms with Crippen LogP contribution in [0.15, 0.2) is 30.3 Å². The van der Waals surface area contributed by atoms with Gasteiger partial charge in [-0.05, 0) is 24.5 Å². The summed E-state index contributed by atoms with van der Waals surface area (Å²) in [6, 6.07) is 9.95. The minimum Gasteiger partial charge on any atom is -0.443 e. The molecule has 3 aliphatic rings. The number of amides is 1. The zero-order chi connectivity index (χ0) is 14.7. The number of piperidine rings is 3. The third kappa shape index (κ3) is 3.38. The predicted molar refractivity (Wildman–Crippen MR) is 82.4 cm³/mol. The highest BCUT2D eigenvalue weighted by Crippen LogP contribution is 2.28. The van der Waals surface area contributed by atoms with Crippen LogP contribution in [0.4, 0.5) is 10.5 Å². The van der Waals surface area contributed by atoms with Gasteiger partial charge in [0.25, 0.3) is 0 Å². The van der Waals surface area contributed by atoms with Gasteiger partial charge in [-0.15, -0.1) is 0 Å². The highest BCUT2D eigenvalue weighted by atomic mass is 16.5. The highest BCUT2D eigenvalue weighted by Gasteiger charge is 2.43. The first-order valence-corrected chi connectivity index (χ1v) is 8.09. The van der Waals surface area contributed by atoms with Gasteiger partial charge < -0.3 is 9.64 Å². The van der Waals surface area contributed by atoms with E-state index >= 15 is 0 Å². The molecule has 3 fully saturated rings. The Hall–Kier alpha value is -1.55. The van der Waals surface area contributed by atoms with Crippen LogP contribution in [0, 0.1) is 11.8 Å². The number of ether oxygens (including phenoxy) is 1. The van der Waals surface area contributed by atoms with Crippen LogP contribution in [0.25, 0.3) is 0 Å². The van der Waals surface area contributed by atoms with Crippen molar-refractivity contribution in [1.82, 2.24) is 0 Å². The van der Waals surface area contributed by atoms with Gasteiger partial charge in [-0.2, -0.15) is 0 Å². The zero-order valence-corrected chi connectivity index (χ0v) is 12.7. The highest BCUT2D eigenvalue weighted by molar-refractivity contribution is 5.84. The van der Waals surface area contributed by atoms with Crippen molar-refractivity contribution in [3.8, 4) is 0 Å². The Kier molecular flexibility index (Phi) is 4.44. The maximum Gasteiger partial charge on any atom is 0.411 e. The standard InChI is InChI=1S/C17H24N2O2/c1-2-13-11-19-9-8-14(13)10-16(19)12-21-17(20)18-15-6-4-3-5-7-15/h3-7,13-14,16H,2,8-12H2,1H3,(H,18,20)/p+1/t13-,14-,16+/m0/s1. The summed E-state index contributed by atoms with van der Waals surface area (Å²) >= 11 is 0. The van der Waals surface area contributed by atoms with Gasteiger partial charge in [-0.3, -0.25) is 5.32 Å². The smallest absolute Gasteiger partial charge is 0.411 e. The van der Waals surface area contributed by atoms with Crippen LogP contribution >= 0.6 is 0 Å². The third-order valence-corrected chi connectivity index (χ3v) is 5.15. The Bertz CT molecular complexity index is 477. The number of carbonyl (C=O) groups is 1. The average Bonchev–Trinajstić information content (AvgIpc) is 2.54. The van der Waals surface area contributed by atoms with Crippen molar-refractivity contribution in [2.75, 3.05) is 25.0 Å². The lowest BCUT2D eigenvalue weighted by Gasteiger charge is -2.46. The molecule has 1 unspecified atom stereocenters. The first-order chi connectivity index (χ1) is 10.3. The van der Waals surface area contributed by atoms with E-state index in [1.807, 2.05) is 30.3 Å². The number of nitrogens with one attached hydrogen (secondary N) is 2. The van der Waals surface area contributed by atoms with E-state index in [0.717, 1.165) is 17.5 Å². The zero-order valence-electron chi connectivity index (χ0n) is 12.7. The van der Waals surface area contributed by atoms with Gasteiger partial charge in [-0.1, -0.05) is 25.1 Å². The lowest BCUT2D eigenvalue weighted by atomic mass is 9.75. The molecule has 1 aromatic carbocycles. The fraction of sp³-hybridized carbons (Fsp3) is 0.588. The molecule has 1 amide bonds. The second-order valence-electron chi connectivity index (χ2n) is 6.35. The van der Waals surface area contributed by atoms with Gasteiger partial charge in [0.2, 0.25) is 0 Å². The molecule has 2 bridgehead atoms. The Labute approximate surface area is 126 Å². The van der Waals surface area contributed by atoms with Crippen molar-refractivity contribution in [3.05, 3.63) is 30.3 Å². The largest absolute Gasteiger partial charge is 0.443 e. The molecule has 114 valence electrons. The van der Waals surface area contributed by atoms with Crippen molar-refractivity contribution in [2.24, 2.45) is 11.8 Å². The number of rotatable bonds is 4. The monoisotopic (exact) mass is 289 g/mol. The average molecular weight is 289 g/mol. The molecule has 0 aromatic heterocycles. The van der Waals surface area contributed by atoms with Crippen LogP contribution in [-0.4, -0.2) is 31.8 Å². The molecule has 21 heavy (non-hydrogen) atoms. The third-order valence-electron chi connectivity index (χ3n) is 5.15. The normalized spacial score (nSPS) is 30.9. The molecule has 4 atom stereocenters. The molecule has 2 N–H and O–H groups in total. The van der Waals surface area contributed by atoms with Crippen LogP contribution < -0.4 is 10.2 Å². The van der Waals surface area contributed by atoms with E-state index in [-0.39, 0.29) is 6.09 Å². The van der Waals surface area contributed by atoms with Crippen LogP contribution in [-0.2, 0) is 4.74 Å². The molecule has 0 radical (unpaired) electrons. The summed E-state index contributed by atoms with van der Waals surface area (Å²) in [5.41, 5.74) is 0.784. The van der Waals surface area contributed by atoms with Gasteiger partial charge in [0.15, 0.2) is 0 Å². The van der Waals surface area contributed by atoms with E-state index in [4.69, 9.17) is 4.74 Å². The second-order valence-corrected chi connectivity index (χ2v) is 6.35. The quantitative estimate of drug-likeness (QED) is 0.889. The first kappa shape index (κ1) is 14.4. The summed E-state index contributed by atoms with van der Waals surface area (Å²) < 4.78 is 5.44. The van der Waals surface area contributed by atoms with Crippen LogP contribution in [0.5, 0.6) is 0 Å². The van der Waals surface area contributed by atoms with Gasteiger partial charge in [0.05, 0.1) is 13.1 Å². The van der Waals surface area contributed by atoms with E-state index in [2.05, 4.69) is 12.2 Å². The van der Waals surface area contributed by atoms with Crippen LogP contribution in [0.3, 0.4) is 0 Å². The minimum atomic E-state index is -0.338. The van der Waals surface area contributed by atoms with E-state index in [9.17, 15) is 4.79 Å². The Morgan fingerprint density at radius 3 is 2.86 bits per heavy atom. The number of hydrogen-bond acceptors (Lipinski definition) is 2. The molecule has 0 saturated carbocycles. The lowest BCUT2D eigenvalue weighted by Crippen LogP contribution is -3.20. The molecule has 0 spiro atoms. The number of carbonyl (C=O) groups excluding carboxylic acids is 1. The van der Waals surface area contributed by atoms with Crippen LogP contribution in [0.2, 0.25) is 0 Å².